The van der Waals surface area contributed by atoms with Crippen LogP contribution in [0.3, 0.4) is 0 Å². The molecule has 2 aliphatic rings. The third kappa shape index (κ3) is 3.17. The van der Waals surface area contributed by atoms with E-state index in [0.717, 1.165) is 17.4 Å². The molecule has 3 rings (SSSR count). The predicted molar refractivity (Wildman–Crippen MR) is 83.6 cm³/mol. The Morgan fingerprint density at radius 2 is 2.05 bits per heavy atom. The van der Waals surface area contributed by atoms with Crippen LogP contribution < -0.4 is 11.3 Å². The second-order valence-electron chi connectivity index (χ2n) is 5.10. The second-order valence-corrected chi connectivity index (χ2v) is 7.56. The number of nitrogen functional groups attached to an aromatic ring is 1. The molecule has 1 aliphatic carbocycles. The van der Waals surface area contributed by atoms with Crippen molar-refractivity contribution in [2.24, 2.45) is 5.84 Å². The molecule has 3 N–H and O–H groups in total. The highest BCUT2D eigenvalue weighted by molar-refractivity contribution is 8.06. The lowest BCUT2D eigenvalue weighted by Gasteiger charge is -2.21. The lowest BCUT2D eigenvalue weighted by Crippen LogP contribution is -2.16. The van der Waals surface area contributed by atoms with Gasteiger partial charge in [-0.15, -0.1) is 11.8 Å². The number of hydrogen-bond acceptors (Lipinski definition) is 6. The van der Waals surface area contributed by atoms with Gasteiger partial charge < -0.3 is 5.43 Å². The van der Waals surface area contributed by atoms with E-state index in [1.165, 1.54) is 42.9 Å². The van der Waals surface area contributed by atoms with Crippen LogP contribution in [0.5, 0.6) is 0 Å². The van der Waals surface area contributed by atoms with Gasteiger partial charge in [0, 0.05) is 34.9 Å². The molecule has 0 amide bonds. The average Bonchev–Trinajstić information content (AvgIpc) is 3.02. The maximum absolute atomic E-state index is 5.56. The van der Waals surface area contributed by atoms with Gasteiger partial charge in [-0.2, -0.15) is 11.8 Å². The highest BCUT2D eigenvalue weighted by Crippen LogP contribution is 2.38. The van der Waals surface area contributed by atoms with Gasteiger partial charge in [-0.25, -0.2) is 15.8 Å². The molecule has 0 aromatic carbocycles. The summed E-state index contributed by atoms with van der Waals surface area (Å²) in [5.74, 6) is 11.5. The fourth-order valence-electron chi connectivity index (χ4n) is 2.77. The topological polar surface area (TPSA) is 63.8 Å². The number of rotatable bonds is 3. The second kappa shape index (κ2) is 6.33. The van der Waals surface area contributed by atoms with Crippen LogP contribution in [-0.2, 0) is 0 Å². The summed E-state index contributed by atoms with van der Waals surface area (Å²) >= 11 is 3.97. The van der Waals surface area contributed by atoms with E-state index in [9.17, 15) is 0 Å². The predicted octanol–water partition coefficient (Wildman–Crippen LogP) is 2.94. The number of nitrogens with two attached hydrogens (primary N) is 1. The first-order chi connectivity index (χ1) is 9.36. The summed E-state index contributed by atoms with van der Waals surface area (Å²) in [6, 6.07) is 2.03. The van der Waals surface area contributed by atoms with Crippen LogP contribution in [0, 0.1) is 0 Å². The zero-order valence-electron chi connectivity index (χ0n) is 11.0. The third-order valence-electron chi connectivity index (χ3n) is 3.79. The SMILES string of the molecule is NNc1cc(C2CCCC2)nc(C2CSCCS2)n1. The van der Waals surface area contributed by atoms with Crippen LogP contribution in [0.2, 0.25) is 0 Å². The van der Waals surface area contributed by atoms with Crippen molar-refractivity contribution in [3.8, 4) is 0 Å². The molecule has 6 heteroatoms. The highest BCUT2D eigenvalue weighted by Gasteiger charge is 2.24. The number of anilines is 1. The number of thioether (sulfide) groups is 2. The molecular weight excluding hydrogens is 276 g/mol. The van der Waals surface area contributed by atoms with E-state index in [1.54, 1.807) is 0 Å². The van der Waals surface area contributed by atoms with E-state index in [1.807, 2.05) is 29.6 Å². The van der Waals surface area contributed by atoms with Gasteiger partial charge in [-0.3, -0.25) is 0 Å². The normalized spacial score (nSPS) is 24.6. The van der Waals surface area contributed by atoms with Crippen LogP contribution >= 0.6 is 23.5 Å². The van der Waals surface area contributed by atoms with Crippen LogP contribution in [0.4, 0.5) is 5.82 Å². The van der Waals surface area contributed by atoms with Gasteiger partial charge >= 0.3 is 0 Å². The smallest absolute Gasteiger partial charge is 0.144 e. The maximum atomic E-state index is 5.56. The van der Waals surface area contributed by atoms with E-state index in [2.05, 4.69) is 10.4 Å². The van der Waals surface area contributed by atoms with E-state index in [4.69, 9.17) is 10.8 Å². The Bertz CT molecular complexity index is 429. The van der Waals surface area contributed by atoms with Crippen molar-refractivity contribution in [3.05, 3.63) is 17.6 Å². The summed E-state index contributed by atoms with van der Waals surface area (Å²) in [5, 5.41) is 0.423. The molecule has 19 heavy (non-hydrogen) atoms. The molecule has 1 unspecified atom stereocenters. The molecule has 1 atom stereocenters. The fraction of sp³-hybridized carbons (Fsp3) is 0.692. The van der Waals surface area contributed by atoms with Crippen molar-refractivity contribution in [3.63, 3.8) is 0 Å². The van der Waals surface area contributed by atoms with Gasteiger partial charge in [0.2, 0.25) is 0 Å². The summed E-state index contributed by atoms with van der Waals surface area (Å²) in [7, 11) is 0. The van der Waals surface area contributed by atoms with Crippen molar-refractivity contribution in [1.82, 2.24) is 9.97 Å². The third-order valence-corrected chi connectivity index (χ3v) is 6.54. The zero-order chi connectivity index (χ0) is 13.1. The molecule has 2 fully saturated rings. The van der Waals surface area contributed by atoms with E-state index >= 15 is 0 Å². The molecule has 104 valence electrons. The fourth-order valence-corrected chi connectivity index (χ4v) is 5.37. The zero-order valence-corrected chi connectivity index (χ0v) is 12.6. The minimum atomic E-state index is 0.423. The van der Waals surface area contributed by atoms with E-state index < -0.39 is 0 Å². The molecule has 1 saturated heterocycles. The summed E-state index contributed by atoms with van der Waals surface area (Å²) in [4.78, 5) is 9.41. The van der Waals surface area contributed by atoms with Gasteiger partial charge in [0.15, 0.2) is 0 Å². The Morgan fingerprint density at radius 3 is 2.74 bits per heavy atom. The van der Waals surface area contributed by atoms with E-state index in [-0.39, 0.29) is 0 Å². The first-order valence-corrected chi connectivity index (χ1v) is 9.12. The first kappa shape index (κ1) is 13.5. The lowest BCUT2D eigenvalue weighted by atomic mass is 10.0. The molecular formula is C13H20N4S2. The maximum Gasteiger partial charge on any atom is 0.144 e. The lowest BCUT2D eigenvalue weighted by molar-refractivity contribution is 0.684. The van der Waals surface area contributed by atoms with Crippen LogP contribution in [0.15, 0.2) is 6.07 Å². The van der Waals surface area contributed by atoms with Gasteiger partial charge in [0.25, 0.3) is 0 Å². The number of nitrogens with zero attached hydrogens (tertiary/aromatic N) is 2. The molecule has 4 nitrogen and oxygen atoms in total. The molecule has 2 heterocycles. The average molecular weight is 296 g/mol. The standard InChI is InChI=1S/C13H20N4S2/c14-17-12-7-10(9-3-1-2-4-9)15-13(16-12)11-8-18-5-6-19-11/h7,9,11H,1-6,8,14H2,(H,15,16,17). The first-order valence-electron chi connectivity index (χ1n) is 6.91. The molecule has 0 bridgehead atoms. The molecule has 0 radical (unpaired) electrons. The Balaban J connectivity index is 1.87. The Kier molecular flexibility index (Phi) is 4.50. The molecule has 0 spiro atoms. The van der Waals surface area contributed by atoms with Crippen molar-refractivity contribution in [2.75, 3.05) is 22.7 Å². The van der Waals surface area contributed by atoms with Gasteiger partial charge in [0.1, 0.15) is 11.6 Å². The number of nitrogens with one attached hydrogen (secondary N) is 1. The van der Waals surface area contributed by atoms with E-state index in [0.29, 0.717) is 11.2 Å². The van der Waals surface area contributed by atoms with Gasteiger partial charge in [0.05, 0.1) is 5.25 Å². The Morgan fingerprint density at radius 1 is 1.21 bits per heavy atom. The van der Waals surface area contributed by atoms with Crippen molar-refractivity contribution < 1.29 is 0 Å². The molecule has 1 aromatic heterocycles. The Hall–Kier alpha value is -0.460. The number of hydrazine groups is 1. The van der Waals surface area contributed by atoms with Crippen molar-refractivity contribution in [2.45, 2.75) is 36.9 Å². The summed E-state index contributed by atoms with van der Waals surface area (Å²) < 4.78 is 0. The van der Waals surface area contributed by atoms with Gasteiger partial charge in [-0.05, 0) is 12.8 Å². The summed E-state index contributed by atoms with van der Waals surface area (Å²) in [6.45, 7) is 0. The minimum absolute atomic E-state index is 0.423. The molecule has 1 aromatic rings. The van der Waals surface area contributed by atoms with Crippen LogP contribution in [-0.4, -0.2) is 27.2 Å². The van der Waals surface area contributed by atoms with Crippen molar-refractivity contribution in [1.29, 1.82) is 0 Å². The van der Waals surface area contributed by atoms with Crippen LogP contribution in [0.1, 0.15) is 48.4 Å². The number of aromatic nitrogens is 2. The summed E-state index contributed by atoms with van der Waals surface area (Å²) in [6.07, 6.45) is 5.16. The summed E-state index contributed by atoms with van der Waals surface area (Å²) in [5.41, 5.74) is 3.89. The number of hydrogen-bond donors (Lipinski definition) is 2. The van der Waals surface area contributed by atoms with Gasteiger partial charge in [-0.1, -0.05) is 12.8 Å². The van der Waals surface area contributed by atoms with Crippen molar-refractivity contribution >= 4 is 29.3 Å². The molecule has 1 aliphatic heterocycles. The quantitative estimate of drug-likeness (QED) is 0.660. The highest BCUT2D eigenvalue weighted by atomic mass is 32.2. The minimum Gasteiger partial charge on any atom is -0.308 e. The Labute approximate surface area is 122 Å². The molecule has 1 saturated carbocycles. The monoisotopic (exact) mass is 296 g/mol. The largest absolute Gasteiger partial charge is 0.308 e. The van der Waals surface area contributed by atoms with Crippen LogP contribution in [0.25, 0.3) is 0 Å².